The Morgan fingerprint density at radius 3 is 2.55 bits per heavy atom. The molecule has 1 heterocycles. The molecule has 0 spiro atoms. The number of piperidine rings is 1. The largest absolute Gasteiger partial charge is 0.494 e. The molecule has 0 aromatic heterocycles. The zero-order chi connectivity index (χ0) is 15.8. The zero-order valence-electron chi connectivity index (χ0n) is 14.0. The van der Waals surface area contributed by atoms with E-state index >= 15 is 0 Å². The summed E-state index contributed by atoms with van der Waals surface area (Å²) >= 11 is 0. The highest BCUT2D eigenvalue weighted by Crippen LogP contribution is 2.17. The number of benzene rings is 1. The number of ketones is 1. The number of aryl methyl sites for hydroxylation is 1. The Morgan fingerprint density at radius 1 is 1.23 bits per heavy atom. The summed E-state index contributed by atoms with van der Waals surface area (Å²) in [6.45, 7) is 8.39. The van der Waals surface area contributed by atoms with Crippen LogP contribution in [0, 0.1) is 5.92 Å². The van der Waals surface area contributed by atoms with E-state index in [9.17, 15) is 4.79 Å². The van der Waals surface area contributed by atoms with Crippen molar-refractivity contribution in [1.29, 1.82) is 0 Å². The molecule has 22 heavy (non-hydrogen) atoms. The van der Waals surface area contributed by atoms with Gasteiger partial charge in [0, 0.05) is 13.0 Å². The van der Waals surface area contributed by atoms with E-state index in [1.807, 2.05) is 12.1 Å². The zero-order valence-corrected chi connectivity index (χ0v) is 14.0. The molecular weight excluding hydrogens is 274 g/mol. The van der Waals surface area contributed by atoms with Crippen LogP contribution in [-0.4, -0.2) is 36.9 Å². The molecule has 1 aliphatic heterocycles. The van der Waals surface area contributed by atoms with E-state index in [0.717, 1.165) is 37.7 Å². The first-order valence-corrected chi connectivity index (χ1v) is 8.57. The van der Waals surface area contributed by atoms with Gasteiger partial charge in [0.2, 0.25) is 0 Å². The normalized spacial score (nSPS) is 16.6. The molecule has 3 heteroatoms. The maximum atomic E-state index is 11.0. The third-order valence-corrected chi connectivity index (χ3v) is 4.45. The van der Waals surface area contributed by atoms with Gasteiger partial charge in [-0.05, 0) is 69.3 Å². The minimum atomic E-state index is 0.243. The topological polar surface area (TPSA) is 29.5 Å². The van der Waals surface area contributed by atoms with E-state index < -0.39 is 0 Å². The lowest BCUT2D eigenvalue weighted by Gasteiger charge is -2.30. The summed E-state index contributed by atoms with van der Waals surface area (Å²) in [5.41, 5.74) is 1.20. The SMILES string of the molecule is CC(=O)CCc1ccc(OCCCN2CCC(C)CC2)cc1. The fraction of sp³-hybridized carbons (Fsp3) is 0.632. The Morgan fingerprint density at radius 2 is 1.91 bits per heavy atom. The van der Waals surface area contributed by atoms with Crippen molar-refractivity contribution >= 4 is 5.78 Å². The van der Waals surface area contributed by atoms with Crippen LogP contribution in [0.4, 0.5) is 0 Å². The monoisotopic (exact) mass is 303 g/mol. The Hall–Kier alpha value is -1.35. The van der Waals surface area contributed by atoms with Crippen LogP contribution in [0.5, 0.6) is 5.75 Å². The lowest BCUT2D eigenvalue weighted by molar-refractivity contribution is -0.116. The highest BCUT2D eigenvalue weighted by molar-refractivity contribution is 5.75. The predicted octanol–water partition coefficient (Wildman–Crippen LogP) is 3.71. The molecule has 1 aromatic carbocycles. The maximum absolute atomic E-state index is 11.0. The standard InChI is InChI=1S/C19H29NO2/c1-16-10-13-20(14-11-16)12-3-15-22-19-8-6-18(7-9-19)5-4-17(2)21/h6-9,16H,3-5,10-15H2,1-2H3. The van der Waals surface area contributed by atoms with Gasteiger partial charge in [-0.15, -0.1) is 0 Å². The summed E-state index contributed by atoms with van der Waals surface area (Å²) < 4.78 is 5.81. The molecule has 122 valence electrons. The second-order valence-electron chi connectivity index (χ2n) is 6.57. The highest BCUT2D eigenvalue weighted by Gasteiger charge is 2.14. The molecule has 0 atom stereocenters. The lowest BCUT2D eigenvalue weighted by atomic mass is 9.99. The molecule has 0 amide bonds. The lowest BCUT2D eigenvalue weighted by Crippen LogP contribution is -2.34. The molecule has 1 aromatic rings. The second kappa shape index (κ2) is 8.94. The number of ether oxygens (including phenoxy) is 1. The third-order valence-electron chi connectivity index (χ3n) is 4.45. The molecule has 0 unspecified atom stereocenters. The first-order chi connectivity index (χ1) is 10.6. The number of rotatable bonds is 8. The fourth-order valence-electron chi connectivity index (χ4n) is 2.84. The average molecular weight is 303 g/mol. The average Bonchev–Trinajstić information content (AvgIpc) is 2.52. The van der Waals surface area contributed by atoms with Gasteiger partial charge in [0.1, 0.15) is 11.5 Å². The number of hydrogen-bond donors (Lipinski definition) is 0. The van der Waals surface area contributed by atoms with Crippen LogP contribution in [0.1, 0.15) is 45.1 Å². The molecule has 0 N–H and O–H groups in total. The Bertz CT molecular complexity index is 447. The Labute approximate surface area is 134 Å². The predicted molar refractivity (Wildman–Crippen MR) is 90.4 cm³/mol. The van der Waals surface area contributed by atoms with Crippen molar-refractivity contribution in [3.05, 3.63) is 29.8 Å². The van der Waals surface area contributed by atoms with Gasteiger partial charge in [-0.1, -0.05) is 19.1 Å². The number of carbonyl (C=O) groups excluding carboxylic acids is 1. The Kier molecular flexibility index (Phi) is 6.91. The molecular formula is C19H29NO2. The van der Waals surface area contributed by atoms with Crippen LogP contribution >= 0.6 is 0 Å². The van der Waals surface area contributed by atoms with Gasteiger partial charge in [-0.25, -0.2) is 0 Å². The molecule has 1 saturated heterocycles. The minimum absolute atomic E-state index is 0.243. The number of nitrogens with zero attached hydrogens (tertiary/aromatic N) is 1. The van der Waals surface area contributed by atoms with E-state index in [2.05, 4.69) is 24.0 Å². The fourth-order valence-corrected chi connectivity index (χ4v) is 2.84. The van der Waals surface area contributed by atoms with E-state index in [-0.39, 0.29) is 5.78 Å². The van der Waals surface area contributed by atoms with Crippen molar-refractivity contribution in [3.8, 4) is 5.75 Å². The molecule has 1 aliphatic rings. The quantitative estimate of drug-likeness (QED) is 0.686. The summed E-state index contributed by atoms with van der Waals surface area (Å²) in [6.07, 6.45) is 5.20. The summed E-state index contributed by atoms with van der Waals surface area (Å²) in [7, 11) is 0. The molecule has 1 fully saturated rings. The first-order valence-electron chi connectivity index (χ1n) is 8.57. The summed E-state index contributed by atoms with van der Waals surface area (Å²) in [4.78, 5) is 13.5. The number of likely N-dealkylation sites (tertiary alicyclic amines) is 1. The van der Waals surface area contributed by atoms with E-state index in [4.69, 9.17) is 4.74 Å². The maximum Gasteiger partial charge on any atom is 0.130 e. The smallest absolute Gasteiger partial charge is 0.130 e. The van der Waals surface area contributed by atoms with Crippen molar-refractivity contribution in [1.82, 2.24) is 4.90 Å². The molecule has 0 aliphatic carbocycles. The summed E-state index contributed by atoms with van der Waals surface area (Å²) in [5.74, 6) is 2.07. The van der Waals surface area contributed by atoms with Gasteiger partial charge >= 0.3 is 0 Å². The van der Waals surface area contributed by atoms with Crippen LogP contribution < -0.4 is 4.74 Å². The van der Waals surface area contributed by atoms with Crippen LogP contribution in [0.2, 0.25) is 0 Å². The van der Waals surface area contributed by atoms with Gasteiger partial charge in [-0.2, -0.15) is 0 Å². The summed E-state index contributed by atoms with van der Waals surface area (Å²) in [6, 6.07) is 8.14. The van der Waals surface area contributed by atoms with E-state index in [0.29, 0.717) is 6.42 Å². The van der Waals surface area contributed by atoms with Crippen LogP contribution in [-0.2, 0) is 11.2 Å². The molecule has 2 rings (SSSR count). The summed E-state index contributed by atoms with van der Waals surface area (Å²) in [5, 5.41) is 0. The van der Waals surface area contributed by atoms with E-state index in [1.54, 1.807) is 6.92 Å². The van der Waals surface area contributed by atoms with Gasteiger partial charge < -0.3 is 14.4 Å². The minimum Gasteiger partial charge on any atom is -0.494 e. The van der Waals surface area contributed by atoms with Crippen LogP contribution in [0.15, 0.2) is 24.3 Å². The van der Waals surface area contributed by atoms with E-state index in [1.165, 1.54) is 31.5 Å². The van der Waals surface area contributed by atoms with Crippen molar-refractivity contribution in [2.75, 3.05) is 26.2 Å². The molecule has 0 radical (unpaired) electrons. The highest BCUT2D eigenvalue weighted by atomic mass is 16.5. The second-order valence-corrected chi connectivity index (χ2v) is 6.57. The van der Waals surface area contributed by atoms with Crippen molar-refractivity contribution in [2.45, 2.75) is 46.0 Å². The van der Waals surface area contributed by atoms with Gasteiger partial charge in [0.05, 0.1) is 6.61 Å². The van der Waals surface area contributed by atoms with Gasteiger partial charge in [0.25, 0.3) is 0 Å². The van der Waals surface area contributed by atoms with Gasteiger partial charge in [0.15, 0.2) is 0 Å². The molecule has 0 bridgehead atoms. The molecule has 3 nitrogen and oxygen atoms in total. The van der Waals surface area contributed by atoms with Crippen molar-refractivity contribution in [2.24, 2.45) is 5.92 Å². The van der Waals surface area contributed by atoms with Crippen molar-refractivity contribution in [3.63, 3.8) is 0 Å². The van der Waals surface area contributed by atoms with Gasteiger partial charge in [-0.3, -0.25) is 0 Å². The number of hydrogen-bond acceptors (Lipinski definition) is 3. The number of carbonyl (C=O) groups is 1. The first kappa shape index (κ1) is 17.0. The van der Waals surface area contributed by atoms with Crippen LogP contribution in [0.25, 0.3) is 0 Å². The van der Waals surface area contributed by atoms with Crippen molar-refractivity contribution < 1.29 is 9.53 Å². The number of Topliss-reactive ketones (excluding diaryl/α,β-unsaturated/α-hetero) is 1. The van der Waals surface area contributed by atoms with Crippen LogP contribution in [0.3, 0.4) is 0 Å². The molecule has 0 saturated carbocycles. The third kappa shape index (κ3) is 6.18. The Balaban J connectivity index is 1.61.